The average molecular weight is 182 g/mol. The Labute approximate surface area is 77.9 Å². The normalized spacial score (nSPS) is 14.7. The number of rotatable bonds is 3. The molecule has 0 aromatic carbocycles. The number of carbonyl (C=O) groups is 1. The maximum Gasteiger partial charge on any atom is 0.415 e. The number of ether oxygens (including phenoxy) is 1. The second-order valence-electron chi connectivity index (χ2n) is 2.75. The van der Waals surface area contributed by atoms with E-state index in [9.17, 15) is 4.79 Å². The summed E-state index contributed by atoms with van der Waals surface area (Å²) in [6, 6.07) is 0. The zero-order valence-corrected chi connectivity index (χ0v) is 7.77. The van der Waals surface area contributed by atoms with E-state index >= 15 is 0 Å². The molecule has 0 aromatic rings. The highest BCUT2D eigenvalue weighted by Crippen LogP contribution is 2.00. The van der Waals surface area contributed by atoms with Crippen molar-refractivity contribution in [3.63, 3.8) is 0 Å². The van der Waals surface area contributed by atoms with Gasteiger partial charge in [0.2, 0.25) is 0 Å². The maximum absolute atomic E-state index is 11.3. The predicted octanol–water partition coefficient (Wildman–Crippen LogP) is 1.78. The van der Waals surface area contributed by atoms with Crippen molar-refractivity contribution in [2.75, 3.05) is 13.3 Å². The van der Waals surface area contributed by atoms with Crippen LogP contribution in [0.15, 0.2) is 17.3 Å². The topological polar surface area (TPSA) is 41.9 Å². The summed E-state index contributed by atoms with van der Waals surface area (Å²) in [6.45, 7) is 2.91. The van der Waals surface area contributed by atoms with E-state index in [4.69, 9.17) is 4.74 Å². The molecule has 72 valence electrons. The summed E-state index contributed by atoms with van der Waals surface area (Å²) >= 11 is 0. The van der Waals surface area contributed by atoms with Crippen LogP contribution in [0.25, 0.3) is 0 Å². The van der Waals surface area contributed by atoms with E-state index < -0.39 is 0 Å². The molecule has 1 rings (SSSR count). The Hall–Kier alpha value is -1.32. The number of hydrogen-bond donors (Lipinski definition) is 0. The second-order valence-corrected chi connectivity index (χ2v) is 2.75. The maximum atomic E-state index is 11.3. The van der Waals surface area contributed by atoms with Gasteiger partial charge in [0, 0.05) is 12.4 Å². The molecule has 4 heteroatoms. The van der Waals surface area contributed by atoms with E-state index in [1.807, 2.05) is 0 Å². The molecule has 1 amide bonds. The molecular formula is C9H14N2O2. The summed E-state index contributed by atoms with van der Waals surface area (Å²) < 4.78 is 4.98. The summed E-state index contributed by atoms with van der Waals surface area (Å²) in [5, 5.41) is 0. The van der Waals surface area contributed by atoms with Crippen LogP contribution in [0.1, 0.15) is 19.8 Å². The minimum absolute atomic E-state index is 0.318. The summed E-state index contributed by atoms with van der Waals surface area (Å²) in [5.74, 6) is 0. The molecule has 0 aliphatic carbocycles. The molecule has 1 aliphatic heterocycles. The Balaban J connectivity index is 2.23. The lowest BCUT2D eigenvalue weighted by atomic mass is 10.4. The third-order valence-corrected chi connectivity index (χ3v) is 1.65. The molecule has 0 radical (unpaired) electrons. The van der Waals surface area contributed by atoms with Crippen molar-refractivity contribution in [3.05, 3.63) is 12.3 Å². The van der Waals surface area contributed by atoms with Crippen molar-refractivity contribution in [1.82, 2.24) is 4.90 Å². The van der Waals surface area contributed by atoms with Crippen molar-refractivity contribution < 1.29 is 9.53 Å². The number of nitrogens with zero attached hydrogens (tertiary/aromatic N) is 2. The average Bonchev–Trinajstić information content (AvgIpc) is 2.19. The van der Waals surface area contributed by atoms with Crippen LogP contribution in [0.4, 0.5) is 4.79 Å². The van der Waals surface area contributed by atoms with Crippen LogP contribution >= 0.6 is 0 Å². The summed E-state index contributed by atoms with van der Waals surface area (Å²) in [5.41, 5.74) is 0. The highest BCUT2D eigenvalue weighted by Gasteiger charge is 2.11. The van der Waals surface area contributed by atoms with Gasteiger partial charge in [0.25, 0.3) is 0 Å². The van der Waals surface area contributed by atoms with Crippen LogP contribution in [0, 0.1) is 0 Å². The zero-order valence-electron chi connectivity index (χ0n) is 7.77. The first-order valence-electron chi connectivity index (χ1n) is 4.44. The first-order valence-corrected chi connectivity index (χ1v) is 4.44. The van der Waals surface area contributed by atoms with Crippen molar-refractivity contribution >= 4 is 12.3 Å². The van der Waals surface area contributed by atoms with Gasteiger partial charge in [-0.3, -0.25) is 9.89 Å². The van der Waals surface area contributed by atoms with Gasteiger partial charge in [-0.25, -0.2) is 4.79 Å². The molecule has 1 heterocycles. The summed E-state index contributed by atoms with van der Waals surface area (Å²) in [6.07, 6.45) is 6.66. The summed E-state index contributed by atoms with van der Waals surface area (Å²) in [4.78, 5) is 16.6. The smallest absolute Gasteiger partial charge is 0.415 e. The van der Waals surface area contributed by atoms with Gasteiger partial charge in [0.05, 0.1) is 6.61 Å². The van der Waals surface area contributed by atoms with Crippen molar-refractivity contribution in [1.29, 1.82) is 0 Å². The lowest BCUT2D eigenvalue weighted by molar-refractivity contribution is 0.116. The predicted molar refractivity (Wildman–Crippen MR) is 50.6 cm³/mol. The fraction of sp³-hybridized carbons (Fsp3) is 0.556. The molecule has 1 aliphatic rings. The van der Waals surface area contributed by atoms with Gasteiger partial charge >= 0.3 is 6.09 Å². The van der Waals surface area contributed by atoms with E-state index in [1.54, 1.807) is 18.5 Å². The third kappa shape index (κ3) is 3.27. The Kier molecular flexibility index (Phi) is 4.02. The van der Waals surface area contributed by atoms with Crippen molar-refractivity contribution in [3.8, 4) is 0 Å². The Morgan fingerprint density at radius 2 is 2.54 bits per heavy atom. The van der Waals surface area contributed by atoms with Gasteiger partial charge in [-0.1, -0.05) is 13.3 Å². The Bertz CT molecular complexity index is 224. The van der Waals surface area contributed by atoms with E-state index in [1.165, 1.54) is 4.90 Å². The van der Waals surface area contributed by atoms with E-state index in [2.05, 4.69) is 11.9 Å². The second kappa shape index (κ2) is 5.35. The molecule has 0 saturated heterocycles. The molecule has 4 nitrogen and oxygen atoms in total. The molecular weight excluding hydrogens is 168 g/mol. The van der Waals surface area contributed by atoms with Gasteiger partial charge < -0.3 is 4.74 Å². The lowest BCUT2D eigenvalue weighted by Gasteiger charge is -2.16. The molecule has 0 aromatic heterocycles. The van der Waals surface area contributed by atoms with Crippen LogP contribution in [-0.2, 0) is 4.74 Å². The highest BCUT2D eigenvalue weighted by molar-refractivity contribution is 5.76. The van der Waals surface area contributed by atoms with Gasteiger partial charge in [-0.15, -0.1) is 0 Å². The largest absolute Gasteiger partial charge is 0.449 e. The fourth-order valence-electron chi connectivity index (χ4n) is 0.891. The van der Waals surface area contributed by atoms with Gasteiger partial charge in [-0.2, -0.15) is 0 Å². The van der Waals surface area contributed by atoms with Crippen LogP contribution < -0.4 is 0 Å². The fourth-order valence-corrected chi connectivity index (χ4v) is 0.891. The Morgan fingerprint density at radius 3 is 3.15 bits per heavy atom. The van der Waals surface area contributed by atoms with E-state index in [0.29, 0.717) is 13.3 Å². The van der Waals surface area contributed by atoms with Gasteiger partial charge in [0.15, 0.2) is 0 Å². The molecule has 13 heavy (non-hydrogen) atoms. The minimum atomic E-state index is -0.318. The molecule has 0 saturated carbocycles. The first kappa shape index (κ1) is 9.77. The van der Waals surface area contributed by atoms with Crippen LogP contribution in [-0.4, -0.2) is 30.5 Å². The van der Waals surface area contributed by atoms with Crippen LogP contribution in [0.5, 0.6) is 0 Å². The number of aliphatic imine (C=N–C) groups is 1. The quantitative estimate of drug-likeness (QED) is 0.624. The number of carbonyl (C=O) groups excluding carboxylic acids is 1. The lowest BCUT2D eigenvalue weighted by Crippen LogP contribution is -2.28. The molecule has 0 unspecified atom stereocenters. The highest BCUT2D eigenvalue weighted by atomic mass is 16.6. The third-order valence-electron chi connectivity index (χ3n) is 1.65. The SMILES string of the molecule is CCCCOC(=O)N1C=CC=NC1. The standard InChI is InChI=1S/C9H14N2O2/c1-2-3-7-13-9(12)11-6-4-5-10-8-11/h4-6H,2-3,7-8H2,1H3. The molecule has 0 fully saturated rings. The van der Waals surface area contributed by atoms with Crippen LogP contribution in [0.2, 0.25) is 0 Å². The van der Waals surface area contributed by atoms with Crippen LogP contribution in [0.3, 0.4) is 0 Å². The molecule has 0 bridgehead atoms. The number of unbranched alkanes of at least 4 members (excludes halogenated alkanes) is 1. The molecule has 0 N–H and O–H groups in total. The zero-order chi connectivity index (χ0) is 9.52. The van der Waals surface area contributed by atoms with Gasteiger partial charge in [-0.05, 0) is 12.5 Å². The van der Waals surface area contributed by atoms with E-state index in [0.717, 1.165) is 12.8 Å². The van der Waals surface area contributed by atoms with Crippen molar-refractivity contribution in [2.24, 2.45) is 4.99 Å². The summed E-state index contributed by atoms with van der Waals surface area (Å²) in [7, 11) is 0. The Morgan fingerprint density at radius 1 is 1.69 bits per heavy atom. The number of hydrogen-bond acceptors (Lipinski definition) is 3. The number of amides is 1. The monoisotopic (exact) mass is 182 g/mol. The molecule has 0 atom stereocenters. The van der Waals surface area contributed by atoms with Crippen molar-refractivity contribution in [2.45, 2.75) is 19.8 Å². The van der Waals surface area contributed by atoms with Gasteiger partial charge in [0.1, 0.15) is 6.67 Å². The minimum Gasteiger partial charge on any atom is -0.449 e. The van der Waals surface area contributed by atoms with E-state index in [-0.39, 0.29) is 6.09 Å². The first-order chi connectivity index (χ1) is 6.34. The molecule has 0 spiro atoms. The number of allylic oxidation sites excluding steroid dienone is 1.